The lowest BCUT2D eigenvalue weighted by atomic mass is 9.71. The van der Waals surface area contributed by atoms with Crippen LogP contribution in [0.1, 0.15) is 24.0 Å². The molecule has 2 saturated heterocycles. The number of carbonyl (C=O) groups excluding carboxylic acids is 1. The van der Waals surface area contributed by atoms with Crippen LogP contribution in [0.15, 0.2) is 60.7 Å². The van der Waals surface area contributed by atoms with Crippen LogP contribution in [0.2, 0.25) is 0 Å². The van der Waals surface area contributed by atoms with Crippen LogP contribution < -0.4 is 0 Å². The smallest absolute Gasteiger partial charge is 0.256 e. The summed E-state index contributed by atoms with van der Waals surface area (Å²) in [6.45, 7) is 3.05. The first-order valence-electron chi connectivity index (χ1n) is 9.62. The zero-order chi connectivity index (χ0) is 18.7. The summed E-state index contributed by atoms with van der Waals surface area (Å²) < 4.78 is 0. The molecule has 1 amide bonds. The number of hydroxylamine groups is 2. The number of aliphatic hydroxyl groups is 1. The van der Waals surface area contributed by atoms with Crippen molar-refractivity contribution in [3.8, 4) is 0 Å². The quantitative estimate of drug-likeness (QED) is 0.903. The average Bonchev–Trinajstić information content (AvgIpc) is 3.16. The Hall–Kier alpha value is -2.21. The first-order chi connectivity index (χ1) is 13.2. The Morgan fingerprint density at radius 2 is 1.67 bits per heavy atom. The van der Waals surface area contributed by atoms with E-state index in [1.54, 1.807) is 0 Å². The zero-order valence-corrected chi connectivity index (χ0v) is 15.5. The van der Waals surface area contributed by atoms with Gasteiger partial charge in [0.25, 0.3) is 5.91 Å². The minimum atomic E-state index is -0.597. The Bertz CT molecular complexity index is 758. The molecule has 0 bridgehead atoms. The molecule has 4 rings (SSSR count). The van der Waals surface area contributed by atoms with E-state index in [-0.39, 0.29) is 19.1 Å². The van der Waals surface area contributed by atoms with Crippen molar-refractivity contribution in [1.82, 2.24) is 9.96 Å². The van der Waals surface area contributed by atoms with Gasteiger partial charge in [0.2, 0.25) is 0 Å². The second kappa shape index (κ2) is 7.80. The molecule has 0 saturated carbocycles. The van der Waals surface area contributed by atoms with Crippen LogP contribution in [0.5, 0.6) is 0 Å². The molecule has 1 N–H and O–H groups in total. The van der Waals surface area contributed by atoms with Crippen molar-refractivity contribution in [2.75, 3.05) is 26.2 Å². The van der Waals surface area contributed by atoms with Gasteiger partial charge in [0.15, 0.2) is 0 Å². The van der Waals surface area contributed by atoms with Gasteiger partial charge in [-0.1, -0.05) is 60.7 Å². The largest absolute Gasteiger partial charge is 0.389 e. The lowest BCUT2D eigenvalue weighted by Gasteiger charge is -2.42. The number of hydrogen-bond acceptors (Lipinski definition) is 4. The third kappa shape index (κ3) is 3.76. The van der Waals surface area contributed by atoms with Crippen molar-refractivity contribution in [3.63, 3.8) is 0 Å². The van der Waals surface area contributed by atoms with Crippen molar-refractivity contribution in [2.24, 2.45) is 0 Å². The van der Waals surface area contributed by atoms with Gasteiger partial charge in [-0.05, 0) is 37.1 Å². The number of amides is 1. The van der Waals surface area contributed by atoms with Crippen LogP contribution in [0.4, 0.5) is 0 Å². The van der Waals surface area contributed by atoms with Crippen LogP contribution in [-0.2, 0) is 21.6 Å². The van der Waals surface area contributed by atoms with E-state index in [2.05, 4.69) is 29.2 Å². The van der Waals surface area contributed by atoms with Gasteiger partial charge in [0, 0.05) is 6.54 Å². The van der Waals surface area contributed by atoms with Crippen LogP contribution in [0.3, 0.4) is 0 Å². The van der Waals surface area contributed by atoms with E-state index in [0.717, 1.165) is 38.0 Å². The van der Waals surface area contributed by atoms with Gasteiger partial charge in [-0.2, -0.15) is 0 Å². The van der Waals surface area contributed by atoms with Crippen LogP contribution in [0.25, 0.3) is 0 Å². The highest BCUT2D eigenvalue weighted by Gasteiger charge is 2.47. The number of piperidine rings is 1. The van der Waals surface area contributed by atoms with Crippen LogP contribution >= 0.6 is 0 Å². The first-order valence-corrected chi connectivity index (χ1v) is 9.62. The monoisotopic (exact) mass is 366 g/mol. The van der Waals surface area contributed by atoms with E-state index in [4.69, 9.17) is 4.84 Å². The molecule has 2 aliphatic heterocycles. The molecule has 0 spiro atoms. The van der Waals surface area contributed by atoms with E-state index in [1.807, 2.05) is 36.4 Å². The minimum Gasteiger partial charge on any atom is -0.389 e. The van der Waals surface area contributed by atoms with Crippen molar-refractivity contribution in [3.05, 3.63) is 71.8 Å². The number of hydrogen-bond donors (Lipinski definition) is 1. The maximum Gasteiger partial charge on any atom is 0.256 e. The minimum absolute atomic E-state index is 0.0235. The fourth-order valence-electron chi connectivity index (χ4n) is 4.17. The highest BCUT2D eigenvalue weighted by molar-refractivity contribution is 5.88. The maximum absolute atomic E-state index is 13.4. The third-order valence-electron chi connectivity index (χ3n) is 5.72. The van der Waals surface area contributed by atoms with E-state index in [0.29, 0.717) is 0 Å². The molecule has 5 nitrogen and oxygen atoms in total. The summed E-state index contributed by atoms with van der Waals surface area (Å²) in [6, 6.07) is 20.5. The fourth-order valence-corrected chi connectivity index (χ4v) is 4.17. The summed E-state index contributed by atoms with van der Waals surface area (Å²) in [7, 11) is 0. The number of likely N-dealkylation sites (tertiary alicyclic amines) is 1. The number of nitrogens with zero attached hydrogens (tertiary/aromatic N) is 2. The van der Waals surface area contributed by atoms with Gasteiger partial charge in [-0.15, -0.1) is 0 Å². The average molecular weight is 366 g/mol. The Labute approximate surface area is 160 Å². The molecule has 2 aliphatic rings. The van der Waals surface area contributed by atoms with Crippen molar-refractivity contribution in [2.45, 2.75) is 30.9 Å². The van der Waals surface area contributed by atoms with E-state index >= 15 is 0 Å². The number of β-amino-alcohol motifs (C(OH)–C–C–N with tert-alkyl or cyclic N) is 1. The predicted molar refractivity (Wildman–Crippen MR) is 103 cm³/mol. The molecule has 2 aromatic carbocycles. The van der Waals surface area contributed by atoms with E-state index < -0.39 is 11.5 Å². The molecule has 2 aromatic rings. The summed E-state index contributed by atoms with van der Waals surface area (Å²) in [5.41, 5.74) is 1.75. The number of rotatable bonds is 4. The Morgan fingerprint density at radius 3 is 2.26 bits per heavy atom. The summed E-state index contributed by atoms with van der Waals surface area (Å²) in [5.74, 6) is -0.0235. The summed E-state index contributed by atoms with van der Waals surface area (Å²) in [4.78, 5) is 21.3. The maximum atomic E-state index is 13.4. The lowest BCUT2D eigenvalue weighted by Crippen LogP contribution is -2.52. The van der Waals surface area contributed by atoms with Gasteiger partial charge in [0.05, 0.1) is 18.1 Å². The van der Waals surface area contributed by atoms with Gasteiger partial charge in [-0.25, -0.2) is 5.06 Å². The Balaban J connectivity index is 1.53. The summed E-state index contributed by atoms with van der Waals surface area (Å²) in [6.07, 6.45) is 0.900. The first kappa shape index (κ1) is 18.2. The number of aliphatic hydroxyl groups excluding tert-OH is 1. The molecule has 27 heavy (non-hydrogen) atoms. The molecule has 0 aliphatic carbocycles. The van der Waals surface area contributed by atoms with Crippen LogP contribution in [-0.4, -0.2) is 53.3 Å². The highest BCUT2D eigenvalue weighted by atomic mass is 16.7. The molecule has 142 valence electrons. The highest BCUT2D eigenvalue weighted by Crippen LogP contribution is 2.38. The number of carbonyl (C=O) groups is 1. The third-order valence-corrected chi connectivity index (χ3v) is 5.72. The second-order valence-electron chi connectivity index (χ2n) is 7.53. The fraction of sp³-hybridized carbons (Fsp3) is 0.409. The van der Waals surface area contributed by atoms with Gasteiger partial charge in [0.1, 0.15) is 6.61 Å². The molecular weight excluding hydrogens is 340 g/mol. The van der Waals surface area contributed by atoms with Crippen LogP contribution in [0, 0.1) is 0 Å². The molecule has 0 radical (unpaired) electrons. The molecule has 1 atom stereocenters. The second-order valence-corrected chi connectivity index (χ2v) is 7.53. The molecule has 2 fully saturated rings. The van der Waals surface area contributed by atoms with Gasteiger partial charge < -0.3 is 5.11 Å². The zero-order valence-electron chi connectivity index (χ0n) is 15.5. The molecule has 0 unspecified atom stereocenters. The molecule has 2 heterocycles. The number of benzene rings is 2. The topological polar surface area (TPSA) is 53.0 Å². The Kier molecular flexibility index (Phi) is 5.25. The van der Waals surface area contributed by atoms with Crippen molar-refractivity contribution in [1.29, 1.82) is 0 Å². The van der Waals surface area contributed by atoms with Crippen molar-refractivity contribution < 1.29 is 14.7 Å². The Morgan fingerprint density at radius 1 is 1.04 bits per heavy atom. The van der Waals surface area contributed by atoms with E-state index in [9.17, 15) is 9.90 Å². The summed E-state index contributed by atoms with van der Waals surface area (Å²) in [5, 5.41) is 11.2. The van der Waals surface area contributed by atoms with Gasteiger partial charge >= 0.3 is 0 Å². The lowest BCUT2D eigenvalue weighted by molar-refractivity contribution is -0.177. The predicted octanol–water partition coefficient (Wildman–Crippen LogP) is 2.36. The normalized spacial score (nSPS) is 22.7. The molecule has 5 heteroatoms. The van der Waals surface area contributed by atoms with Gasteiger partial charge in [-0.3, -0.25) is 14.5 Å². The van der Waals surface area contributed by atoms with Crippen molar-refractivity contribution >= 4 is 5.91 Å². The molecule has 0 aromatic heterocycles. The molecular formula is C22H26N2O3. The SMILES string of the molecule is O=C(N1C[C@@H](O)CO1)C1(c2ccccc2)CCN(Cc2ccccc2)CC1. The standard InChI is InChI=1S/C22H26N2O3/c25-20-16-24(27-17-20)21(26)22(19-9-5-2-6-10-19)11-13-23(14-12-22)15-18-7-3-1-4-8-18/h1-10,20,25H,11-17H2/t20-/m1/s1. The summed E-state index contributed by atoms with van der Waals surface area (Å²) >= 11 is 0. The van der Waals surface area contributed by atoms with E-state index in [1.165, 1.54) is 10.6 Å².